The van der Waals surface area contributed by atoms with Crippen molar-refractivity contribution in [3.05, 3.63) is 65.7 Å². The van der Waals surface area contributed by atoms with Gasteiger partial charge in [0.25, 0.3) is 10.0 Å². The van der Waals surface area contributed by atoms with Crippen LogP contribution in [0.15, 0.2) is 59.6 Å². The van der Waals surface area contributed by atoms with Crippen LogP contribution in [0.2, 0.25) is 0 Å². The molecule has 1 aromatic carbocycles. The molecular weight excluding hydrogens is 521 g/mol. The van der Waals surface area contributed by atoms with Gasteiger partial charge in [0.05, 0.1) is 11.3 Å². The number of hydrogen-bond donors (Lipinski definition) is 2. The highest BCUT2D eigenvalue weighted by Crippen LogP contribution is 2.38. The van der Waals surface area contributed by atoms with Crippen LogP contribution in [0.25, 0.3) is 11.3 Å². The second kappa shape index (κ2) is 11.0. The second-order valence-corrected chi connectivity index (χ2v) is 10.7. The summed E-state index contributed by atoms with van der Waals surface area (Å²) in [5.41, 5.74) is -0.572. The maximum absolute atomic E-state index is 13.7. The number of anilines is 2. The normalized spacial score (nSPS) is 16.3. The van der Waals surface area contributed by atoms with Gasteiger partial charge >= 0.3 is 12.1 Å². The van der Waals surface area contributed by atoms with Gasteiger partial charge in [0, 0.05) is 24.6 Å². The highest BCUT2D eigenvalue weighted by atomic mass is 32.2. The van der Waals surface area contributed by atoms with Crippen LogP contribution in [0.3, 0.4) is 0 Å². The highest BCUT2D eigenvalue weighted by Gasteiger charge is 2.35. The van der Waals surface area contributed by atoms with Crippen LogP contribution in [0, 0.1) is 6.92 Å². The molecule has 0 spiro atoms. The molecular formula is C26H27F3N4O4S. The fourth-order valence-corrected chi connectivity index (χ4v) is 5.55. The number of alkyl halides is 3. The van der Waals surface area contributed by atoms with Crippen molar-refractivity contribution < 1.29 is 31.5 Å². The van der Waals surface area contributed by atoms with Crippen LogP contribution >= 0.6 is 0 Å². The number of nitrogens with zero attached hydrogens (tertiary/aromatic N) is 3. The van der Waals surface area contributed by atoms with Gasteiger partial charge in [-0.2, -0.15) is 21.6 Å². The summed E-state index contributed by atoms with van der Waals surface area (Å²) >= 11 is 0. The van der Waals surface area contributed by atoms with Crippen LogP contribution in [0.4, 0.5) is 24.8 Å². The number of rotatable bonds is 8. The van der Waals surface area contributed by atoms with Gasteiger partial charge in [0.15, 0.2) is 5.03 Å². The van der Waals surface area contributed by atoms with E-state index in [1.807, 2.05) is 4.90 Å². The fraction of sp³-hybridized carbons (Fsp3) is 0.346. The molecule has 4 rings (SSSR count). The Bertz CT molecular complexity index is 1430. The molecule has 1 aliphatic rings. The van der Waals surface area contributed by atoms with Crippen molar-refractivity contribution in [1.29, 1.82) is 0 Å². The summed E-state index contributed by atoms with van der Waals surface area (Å²) in [6, 6.07) is 12.6. The molecule has 1 fully saturated rings. The number of pyridine rings is 2. The van der Waals surface area contributed by atoms with Gasteiger partial charge < -0.3 is 10.0 Å². The van der Waals surface area contributed by atoms with Crippen molar-refractivity contribution in [1.82, 2.24) is 9.97 Å². The summed E-state index contributed by atoms with van der Waals surface area (Å²) in [6.07, 6.45) is -1.74. The zero-order chi connectivity index (χ0) is 27.5. The summed E-state index contributed by atoms with van der Waals surface area (Å²) in [5, 5.41) is 8.75. The maximum Gasteiger partial charge on any atom is 0.418 e. The van der Waals surface area contributed by atoms with E-state index in [0.717, 1.165) is 31.4 Å². The molecule has 202 valence electrons. The van der Waals surface area contributed by atoms with Crippen molar-refractivity contribution in [3.8, 4) is 11.3 Å². The number of hydrogen-bond acceptors (Lipinski definition) is 6. The molecule has 1 aliphatic heterocycles. The molecule has 0 amide bonds. The van der Waals surface area contributed by atoms with E-state index in [9.17, 15) is 26.4 Å². The molecule has 0 aliphatic carbocycles. The topological polar surface area (TPSA) is 112 Å². The van der Waals surface area contributed by atoms with Gasteiger partial charge in [0.2, 0.25) is 0 Å². The second-order valence-electron chi connectivity index (χ2n) is 9.12. The number of benzene rings is 1. The molecule has 0 saturated carbocycles. The fourth-order valence-electron chi connectivity index (χ4n) is 4.58. The molecule has 2 N–H and O–H groups in total. The van der Waals surface area contributed by atoms with Crippen molar-refractivity contribution in [3.63, 3.8) is 0 Å². The van der Waals surface area contributed by atoms with E-state index in [4.69, 9.17) is 5.11 Å². The molecule has 3 aromatic rings. The number of nitrogens with one attached hydrogen (secondary N) is 1. The average Bonchev–Trinajstić information content (AvgIpc) is 2.87. The zero-order valence-corrected chi connectivity index (χ0v) is 21.4. The Labute approximate surface area is 218 Å². The van der Waals surface area contributed by atoms with E-state index >= 15 is 0 Å². The van der Waals surface area contributed by atoms with Crippen LogP contribution in [-0.2, 0) is 21.0 Å². The van der Waals surface area contributed by atoms with Crippen LogP contribution in [0.5, 0.6) is 0 Å². The van der Waals surface area contributed by atoms with Gasteiger partial charge in [-0.1, -0.05) is 30.3 Å². The van der Waals surface area contributed by atoms with Crippen molar-refractivity contribution >= 4 is 27.6 Å². The van der Waals surface area contributed by atoms with E-state index in [1.165, 1.54) is 18.2 Å². The predicted molar refractivity (Wildman–Crippen MR) is 136 cm³/mol. The minimum absolute atomic E-state index is 0.0104. The number of halogens is 3. The lowest BCUT2D eigenvalue weighted by Gasteiger charge is -2.36. The Kier molecular flexibility index (Phi) is 7.91. The Morgan fingerprint density at radius 1 is 1.08 bits per heavy atom. The molecule has 0 bridgehead atoms. The maximum atomic E-state index is 13.7. The standard InChI is InChI=1S/C26H27F3N4O4S/c1-17-7-2-3-9-19(17)25-20(26(27,28)29)13-14-21(30-25)32-38(36,37)23-11-6-10-22(31-23)33-16-5-4-8-18(33)12-15-24(34)35/h2-3,6-7,9-11,13-14,18H,4-5,8,12,15-16H2,1H3,(H,30,32)(H,34,35). The summed E-state index contributed by atoms with van der Waals surface area (Å²) in [5.74, 6) is -0.789. The molecule has 8 nitrogen and oxygen atoms in total. The number of carboxylic acids is 1. The first-order valence-corrected chi connectivity index (χ1v) is 13.6. The highest BCUT2D eigenvalue weighted by molar-refractivity contribution is 7.92. The number of piperidine rings is 1. The minimum atomic E-state index is -4.69. The summed E-state index contributed by atoms with van der Waals surface area (Å²) in [4.78, 5) is 21.3. The van der Waals surface area contributed by atoms with E-state index in [1.54, 1.807) is 31.2 Å². The molecule has 2 aromatic heterocycles. The average molecular weight is 549 g/mol. The first kappa shape index (κ1) is 27.4. The molecule has 3 heterocycles. The quantitative estimate of drug-likeness (QED) is 0.383. The first-order chi connectivity index (χ1) is 18.0. The molecule has 1 atom stereocenters. The van der Waals surface area contributed by atoms with Crippen molar-refractivity contribution in [2.75, 3.05) is 16.2 Å². The van der Waals surface area contributed by atoms with E-state index in [-0.39, 0.29) is 34.6 Å². The number of aromatic nitrogens is 2. The third kappa shape index (κ3) is 6.24. The first-order valence-electron chi connectivity index (χ1n) is 12.1. The van der Waals surface area contributed by atoms with Gasteiger partial charge in [0.1, 0.15) is 11.6 Å². The molecule has 12 heteroatoms. The lowest BCUT2D eigenvalue weighted by molar-refractivity contribution is -0.138. The minimum Gasteiger partial charge on any atom is -0.481 e. The van der Waals surface area contributed by atoms with Gasteiger partial charge in [-0.25, -0.2) is 9.97 Å². The lowest BCUT2D eigenvalue weighted by atomic mass is 9.98. The third-order valence-electron chi connectivity index (χ3n) is 6.44. The van der Waals surface area contributed by atoms with Gasteiger partial charge in [-0.15, -0.1) is 0 Å². The van der Waals surface area contributed by atoms with Crippen LogP contribution < -0.4 is 9.62 Å². The number of aliphatic carboxylic acids is 1. The SMILES string of the molecule is Cc1ccccc1-c1nc(NS(=O)(=O)c2cccc(N3CCCCC3CCC(=O)O)n2)ccc1C(F)(F)F. The smallest absolute Gasteiger partial charge is 0.418 e. The number of sulfonamides is 1. The van der Waals surface area contributed by atoms with E-state index in [2.05, 4.69) is 14.7 Å². The Balaban J connectivity index is 1.65. The summed E-state index contributed by atoms with van der Waals surface area (Å²) in [6.45, 7) is 2.25. The Hall–Kier alpha value is -3.67. The monoisotopic (exact) mass is 548 g/mol. The largest absolute Gasteiger partial charge is 0.481 e. The van der Waals surface area contributed by atoms with Gasteiger partial charge in [-0.3, -0.25) is 9.52 Å². The number of carbonyl (C=O) groups is 1. The lowest BCUT2D eigenvalue weighted by Crippen LogP contribution is -2.40. The van der Waals surface area contributed by atoms with E-state index < -0.39 is 27.7 Å². The van der Waals surface area contributed by atoms with Gasteiger partial charge in [-0.05, 0) is 62.4 Å². The van der Waals surface area contributed by atoms with Crippen molar-refractivity contribution in [2.24, 2.45) is 0 Å². The van der Waals surface area contributed by atoms with E-state index in [0.29, 0.717) is 24.3 Å². The number of aryl methyl sites for hydroxylation is 1. The summed E-state index contributed by atoms with van der Waals surface area (Å²) in [7, 11) is -4.30. The van der Waals surface area contributed by atoms with Crippen LogP contribution in [0.1, 0.15) is 43.2 Å². The molecule has 1 saturated heterocycles. The zero-order valence-electron chi connectivity index (χ0n) is 20.6. The Morgan fingerprint density at radius 3 is 2.55 bits per heavy atom. The predicted octanol–water partition coefficient (Wildman–Crippen LogP) is 5.50. The third-order valence-corrected chi connectivity index (χ3v) is 7.69. The summed E-state index contributed by atoms with van der Waals surface area (Å²) < 4.78 is 69.8. The number of carboxylic acid groups (broad SMARTS) is 1. The Morgan fingerprint density at radius 2 is 1.84 bits per heavy atom. The van der Waals surface area contributed by atoms with Crippen LogP contribution in [-0.4, -0.2) is 42.0 Å². The molecule has 1 unspecified atom stereocenters. The molecule has 0 radical (unpaired) electrons. The van der Waals surface area contributed by atoms with Crippen molar-refractivity contribution in [2.45, 2.75) is 56.3 Å². The molecule has 38 heavy (non-hydrogen) atoms.